The van der Waals surface area contributed by atoms with Crippen molar-refractivity contribution in [2.24, 2.45) is 5.11 Å². The van der Waals surface area contributed by atoms with E-state index in [0.29, 0.717) is 0 Å². The van der Waals surface area contributed by atoms with E-state index in [4.69, 9.17) is 10.6 Å². The van der Waals surface area contributed by atoms with Crippen molar-refractivity contribution in [1.29, 1.82) is 5.53 Å². The summed E-state index contributed by atoms with van der Waals surface area (Å²) in [5, 5.41) is 11.2. The fraction of sp³-hybridized carbons (Fsp3) is 0.500. The third kappa shape index (κ3) is 2.30. The normalized spacial score (nSPS) is 12.1. The molecule has 0 aliphatic heterocycles. The summed E-state index contributed by atoms with van der Waals surface area (Å²) in [6.07, 6.45) is 0.367. The first kappa shape index (κ1) is 7.10. The number of rotatable bonds is 4. The summed E-state index contributed by atoms with van der Waals surface area (Å²) < 4.78 is 4.50. The summed E-state index contributed by atoms with van der Waals surface area (Å²) in [4.78, 5) is 0. The smallest absolute Gasteiger partial charge is 0.230 e. The Morgan fingerprint density at radius 3 is 2.75 bits per heavy atom. The Hall–Kier alpha value is -0.900. The second-order valence-corrected chi connectivity index (χ2v) is 1.07. The average Bonchev–Trinajstić information content (AvgIpc) is 1.83. The minimum absolute atomic E-state index is 0.282. The second-order valence-electron chi connectivity index (χ2n) is 1.07. The third-order valence-electron chi connectivity index (χ3n) is 0.553. The van der Waals surface area contributed by atoms with E-state index in [9.17, 15) is 0 Å². The van der Waals surface area contributed by atoms with E-state index in [-0.39, 0.29) is 6.61 Å². The fourth-order valence-corrected chi connectivity index (χ4v) is 0.225. The zero-order valence-electron chi connectivity index (χ0n) is 4.37. The highest BCUT2D eigenvalue weighted by Crippen LogP contribution is 1.90. The lowest BCUT2D eigenvalue weighted by molar-refractivity contribution is 0.0774. The molecule has 0 heterocycles. The molecule has 4 nitrogen and oxygen atoms in total. The molecule has 0 aromatic heterocycles. The van der Waals surface area contributed by atoms with Gasteiger partial charge in [0.15, 0.2) is 0 Å². The number of nitrogens with one attached hydrogen (secondary N) is 1. The van der Waals surface area contributed by atoms with Gasteiger partial charge in [0.05, 0.1) is 6.26 Å². The molecule has 0 amide bonds. The van der Waals surface area contributed by atoms with E-state index in [1.54, 1.807) is 0 Å². The van der Waals surface area contributed by atoms with Gasteiger partial charge in [-0.25, -0.2) is 5.53 Å². The maximum atomic E-state index is 8.27. The van der Waals surface area contributed by atoms with E-state index < -0.39 is 6.23 Å². The third-order valence-corrected chi connectivity index (χ3v) is 0.553. The second kappa shape index (κ2) is 4.26. The van der Waals surface area contributed by atoms with Gasteiger partial charge in [-0.15, -0.1) is 5.11 Å². The molecule has 0 saturated carbocycles. The average molecular weight is 116 g/mol. The molecule has 8 heavy (non-hydrogen) atoms. The van der Waals surface area contributed by atoms with Crippen LogP contribution in [0.2, 0.25) is 0 Å². The van der Waals surface area contributed by atoms with Crippen LogP contribution in [-0.4, -0.2) is 17.9 Å². The van der Waals surface area contributed by atoms with Gasteiger partial charge >= 0.3 is 0 Å². The summed E-state index contributed by atoms with van der Waals surface area (Å²) >= 11 is 0. The zero-order valence-corrected chi connectivity index (χ0v) is 4.37. The Morgan fingerprint density at radius 2 is 2.62 bits per heavy atom. The van der Waals surface area contributed by atoms with Crippen LogP contribution in [0, 0.1) is 5.53 Å². The Bertz CT molecular complexity index is 84.1. The largest absolute Gasteiger partial charge is 0.473 e. The van der Waals surface area contributed by atoms with Crippen molar-refractivity contribution < 1.29 is 9.84 Å². The van der Waals surface area contributed by atoms with Crippen LogP contribution in [0.3, 0.4) is 0 Å². The molecule has 0 aromatic carbocycles. The van der Waals surface area contributed by atoms with Crippen LogP contribution in [0.15, 0.2) is 18.0 Å². The lowest BCUT2D eigenvalue weighted by atomic mass is 10.6. The van der Waals surface area contributed by atoms with Crippen LogP contribution in [0.5, 0.6) is 0 Å². The monoisotopic (exact) mass is 116 g/mol. The Kier molecular flexibility index (Phi) is 3.78. The predicted molar refractivity (Wildman–Crippen MR) is 27.3 cm³/mol. The predicted octanol–water partition coefficient (Wildman–Crippen LogP) is 0.496. The van der Waals surface area contributed by atoms with Gasteiger partial charge in [-0.1, -0.05) is 6.58 Å². The van der Waals surface area contributed by atoms with Gasteiger partial charge in [0, 0.05) is 0 Å². The molecule has 0 saturated heterocycles. The molecule has 2 N–H and O–H groups in total. The molecule has 0 bridgehead atoms. The van der Waals surface area contributed by atoms with Crippen LogP contribution in [0.25, 0.3) is 0 Å². The number of hydrogen-bond donors (Lipinski definition) is 2. The number of aliphatic hydroxyl groups excluding tert-OH is 1. The van der Waals surface area contributed by atoms with Gasteiger partial charge in [0.25, 0.3) is 0 Å². The minimum atomic E-state index is -0.771. The van der Waals surface area contributed by atoms with Crippen LogP contribution >= 0.6 is 0 Å². The van der Waals surface area contributed by atoms with Crippen molar-refractivity contribution in [1.82, 2.24) is 0 Å². The van der Waals surface area contributed by atoms with Crippen LogP contribution in [-0.2, 0) is 4.74 Å². The molecule has 0 aliphatic carbocycles. The maximum absolute atomic E-state index is 8.27. The van der Waals surface area contributed by atoms with Gasteiger partial charge in [-0.05, 0) is 0 Å². The van der Waals surface area contributed by atoms with Gasteiger partial charge < -0.3 is 9.84 Å². The molecule has 0 fully saturated rings. The molecule has 0 aromatic rings. The van der Waals surface area contributed by atoms with E-state index in [0.717, 1.165) is 6.26 Å². The van der Waals surface area contributed by atoms with Crippen LogP contribution < -0.4 is 0 Å². The Balaban J connectivity index is 3.35. The molecule has 0 spiro atoms. The Labute approximate surface area is 47.3 Å². The van der Waals surface area contributed by atoms with E-state index >= 15 is 0 Å². The van der Waals surface area contributed by atoms with Gasteiger partial charge in [-0.2, -0.15) is 0 Å². The molecule has 4 heteroatoms. The number of hydrogen-bond acceptors (Lipinski definition) is 4. The number of ether oxygens (including phenoxy) is 1. The molecule has 0 rings (SSSR count). The number of aliphatic hydroxyl groups is 1. The topological polar surface area (TPSA) is 65.7 Å². The summed E-state index contributed by atoms with van der Waals surface area (Å²) in [7, 11) is 0. The van der Waals surface area contributed by atoms with Crippen molar-refractivity contribution in [3.05, 3.63) is 12.8 Å². The molecule has 1 unspecified atom stereocenters. The molecule has 0 radical (unpaired) electrons. The summed E-state index contributed by atoms with van der Waals surface area (Å²) in [6.45, 7) is 2.94. The van der Waals surface area contributed by atoms with Gasteiger partial charge in [0.1, 0.15) is 6.61 Å². The Morgan fingerprint density at radius 1 is 2.00 bits per heavy atom. The number of nitrogens with zero attached hydrogens (tertiary/aromatic N) is 1. The standard InChI is InChI=1S/C4H8N2O2/c1-2-8-4(3-7)6-5/h2,4-5,7H,1,3H2. The quantitative estimate of drug-likeness (QED) is 0.414. The zero-order chi connectivity index (χ0) is 6.41. The van der Waals surface area contributed by atoms with E-state index in [2.05, 4.69) is 16.4 Å². The van der Waals surface area contributed by atoms with Crippen LogP contribution in [0.1, 0.15) is 0 Å². The highest BCUT2D eigenvalue weighted by Gasteiger charge is 1.98. The molecule has 46 valence electrons. The van der Waals surface area contributed by atoms with Crippen molar-refractivity contribution in [3.63, 3.8) is 0 Å². The molecule has 1 atom stereocenters. The van der Waals surface area contributed by atoms with E-state index in [1.807, 2.05) is 0 Å². The minimum Gasteiger partial charge on any atom is -0.473 e. The van der Waals surface area contributed by atoms with Crippen molar-refractivity contribution >= 4 is 0 Å². The molecular formula is C4H8N2O2. The fourth-order valence-electron chi connectivity index (χ4n) is 0.225. The maximum Gasteiger partial charge on any atom is 0.230 e. The van der Waals surface area contributed by atoms with Crippen molar-refractivity contribution in [3.8, 4) is 0 Å². The summed E-state index contributed by atoms with van der Waals surface area (Å²) in [6, 6.07) is 0. The van der Waals surface area contributed by atoms with Gasteiger partial charge in [0.2, 0.25) is 6.23 Å². The van der Waals surface area contributed by atoms with Gasteiger partial charge in [-0.3, -0.25) is 0 Å². The highest BCUT2D eigenvalue weighted by atomic mass is 16.5. The summed E-state index contributed by atoms with van der Waals surface area (Å²) in [5.74, 6) is 0. The van der Waals surface area contributed by atoms with Crippen molar-refractivity contribution in [2.45, 2.75) is 6.23 Å². The van der Waals surface area contributed by atoms with Crippen LogP contribution in [0.4, 0.5) is 0 Å². The molecular weight excluding hydrogens is 108 g/mol. The van der Waals surface area contributed by atoms with E-state index in [1.165, 1.54) is 0 Å². The first-order chi connectivity index (χ1) is 3.85. The van der Waals surface area contributed by atoms with Crippen molar-refractivity contribution in [2.75, 3.05) is 6.61 Å². The summed E-state index contributed by atoms with van der Waals surface area (Å²) in [5.41, 5.74) is 6.36. The lowest BCUT2D eigenvalue weighted by Crippen LogP contribution is -2.09. The first-order valence-electron chi connectivity index (χ1n) is 2.09. The SMILES string of the molecule is C=COC(CO)N=N. The highest BCUT2D eigenvalue weighted by molar-refractivity contribution is 4.54. The first-order valence-corrected chi connectivity index (χ1v) is 2.09. The lowest BCUT2D eigenvalue weighted by Gasteiger charge is -2.03. The molecule has 0 aliphatic rings.